The highest BCUT2D eigenvalue weighted by Gasteiger charge is 2.47. The number of Topliss-reactive ketones (excluding diaryl/α,β-unsaturated/α-hetero) is 1. The van der Waals surface area contributed by atoms with Gasteiger partial charge in [-0.3, -0.25) is 14.5 Å². The second-order valence-electron chi connectivity index (χ2n) is 7.88. The quantitative estimate of drug-likeness (QED) is 0.800. The molecule has 142 valence electrons. The maximum absolute atomic E-state index is 13.1. The van der Waals surface area contributed by atoms with Crippen LogP contribution < -0.4 is 0 Å². The van der Waals surface area contributed by atoms with Gasteiger partial charge in [0.2, 0.25) is 5.91 Å². The lowest BCUT2D eigenvalue weighted by atomic mass is 9.74. The van der Waals surface area contributed by atoms with Crippen molar-refractivity contribution in [3.8, 4) is 0 Å². The van der Waals surface area contributed by atoms with Crippen LogP contribution in [-0.2, 0) is 15.1 Å². The molecule has 3 rings (SSSR count). The molecule has 1 saturated heterocycles. The topological polar surface area (TPSA) is 40.6 Å². The van der Waals surface area contributed by atoms with Gasteiger partial charge in [-0.2, -0.15) is 0 Å². The van der Waals surface area contributed by atoms with E-state index in [-0.39, 0.29) is 11.7 Å². The lowest BCUT2D eigenvalue weighted by molar-refractivity contribution is -0.149. The lowest BCUT2D eigenvalue weighted by Crippen LogP contribution is -2.56. The molecule has 26 heavy (non-hydrogen) atoms. The van der Waals surface area contributed by atoms with E-state index in [1.807, 2.05) is 24.3 Å². The van der Waals surface area contributed by atoms with Gasteiger partial charge in [0.05, 0.1) is 6.54 Å². The minimum Gasteiger partial charge on any atom is -0.328 e. The van der Waals surface area contributed by atoms with E-state index in [2.05, 4.69) is 11.8 Å². The standard InChI is InChI=1S/C21H29ClN2O2/c1-16-10-13-24(14-11-16)15-20(26)23(2)21(12-6-5-9-19(21)25)17-7-3-4-8-18(17)22/h3-4,7-8,16H,5-6,9-15H2,1-2H3. The zero-order chi connectivity index (χ0) is 18.7. The molecule has 0 radical (unpaired) electrons. The van der Waals surface area contributed by atoms with Crippen LogP contribution in [0.4, 0.5) is 0 Å². The Bertz CT molecular complexity index is 670. The summed E-state index contributed by atoms with van der Waals surface area (Å²) in [5.41, 5.74) is -0.147. The molecule has 1 aliphatic carbocycles. The highest BCUT2D eigenvalue weighted by molar-refractivity contribution is 6.31. The van der Waals surface area contributed by atoms with Crippen LogP contribution in [0.5, 0.6) is 0 Å². The van der Waals surface area contributed by atoms with Crippen LogP contribution in [0, 0.1) is 5.92 Å². The van der Waals surface area contributed by atoms with Gasteiger partial charge >= 0.3 is 0 Å². The number of likely N-dealkylation sites (tertiary alicyclic amines) is 1. The summed E-state index contributed by atoms with van der Waals surface area (Å²) in [4.78, 5) is 30.1. The number of benzene rings is 1. The van der Waals surface area contributed by atoms with Crippen LogP contribution in [0.2, 0.25) is 5.02 Å². The molecule has 5 heteroatoms. The van der Waals surface area contributed by atoms with Gasteiger partial charge in [0.25, 0.3) is 0 Å². The Morgan fingerprint density at radius 2 is 1.96 bits per heavy atom. The van der Waals surface area contributed by atoms with Crippen molar-refractivity contribution in [1.82, 2.24) is 9.80 Å². The Balaban J connectivity index is 1.86. The molecule has 4 nitrogen and oxygen atoms in total. The van der Waals surface area contributed by atoms with E-state index in [0.717, 1.165) is 50.3 Å². The normalized spacial score (nSPS) is 25.3. The van der Waals surface area contributed by atoms with Crippen molar-refractivity contribution >= 4 is 23.3 Å². The SMILES string of the molecule is CC1CCN(CC(=O)N(C)C2(c3ccccc3Cl)CCCCC2=O)CC1. The van der Waals surface area contributed by atoms with E-state index in [4.69, 9.17) is 11.6 Å². The fraction of sp³-hybridized carbons (Fsp3) is 0.619. The number of amides is 1. The Hall–Kier alpha value is -1.39. The number of ketones is 1. The molecule has 1 aliphatic heterocycles. The van der Waals surface area contributed by atoms with Crippen molar-refractivity contribution in [2.75, 3.05) is 26.7 Å². The first kappa shape index (κ1) is 19.4. The van der Waals surface area contributed by atoms with Crippen molar-refractivity contribution in [3.63, 3.8) is 0 Å². The van der Waals surface area contributed by atoms with Crippen LogP contribution in [0.1, 0.15) is 51.0 Å². The Morgan fingerprint density at radius 1 is 1.27 bits per heavy atom. The molecular formula is C21H29ClN2O2. The van der Waals surface area contributed by atoms with Gasteiger partial charge in [-0.1, -0.05) is 36.7 Å². The summed E-state index contributed by atoms with van der Waals surface area (Å²) >= 11 is 6.47. The molecule has 2 fully saturated rings. The molecule has 1 unspecified atom stereocenters. The number of carbonyl (C=O) groups is 2. The van der Waals surface area contributed by atoms with Crippen LogP contribution in [0.3, 0.4) is 0 Å². The summed E-state index contributed by atoms with van der Waals surface area (Å²) in [5.74, 6) is 0.850. The van der Waals surface area contributed by atoms with Crippen molar-refractivity contribution in [2.45, 2.75) is 51.0 Å². The number of piperidine rings is 1. The molecule has 2 aliphatic rings. The minimum atomic E-state index is -0.920. The smallest absolute Gasteiger partial charge is 0.237 e. The maximum Gasteiger partial charge on any atom is 0.237 e. The second-order valence-corrected chi connectivity index (χ2v) is 8.29. The number of nitrogens with zero attached hydrogens (tertiary/aromatic N) is 2. The largest absolute Gasteiger partial charge is 0.328 e. The highest BCUT2D eigenvalue weighted by Crippen LogP contribution is 2.42. The van der Waals surface area contributed by atoms with Gasteiger partial charge < -0.3 is 4.90 Å². The Morgan fingerprint density at radius 3 is 2.62 bits per heavy atom. The molecule has 1 amide bonds. The number of rotatable bonds is 4. The summed E-state index contributed by atoms with van der Waals surface area (Å²) in [6, 6.07) is 7.47. The first-order valence-electron chi connectivity index (χ1n) is 9.72. The van der Waals surface area contributed by atoms with Gasteiger partial charge in [-0.05, 0) is 57.2 Å². The monoisotopic (exact) mass is 376 g/mol. The number of hydrogen-bond acceptors (Lipinski definition) is 3. The zero-order valence-corrected chi connectivity index (χ0v) is 16.6. The summed E-state index contributed by atoms with van der Waals surface area (Å²) < 4.78 is 0. The lowest BCUT2D eigenvalue weighted by Gasteiger charge is -2.44. The van der Waals surface area contributed by atoms with E-state index in [9.17, 15) is 9.59 Å². The summed E-state index contributed by atoms with van der Waals surface area (Å²) in [6.45, 7) is 4.54. The van der Waals surface area contributed by atoms with Crippen molar-refractivity contribution in [1.29, 1.82) is 0 Å². The third-order valence-corrected chi connectivity index (χ3v) is 6.48. The van der Waals surface area contributed by atoms with E-state index < -0.39 is 5.54 Å². The highest BCUT2D eigenvalue weighted by atomic mass is 35.5. The fourth-order valence-electron chi connectivity index (χ4n) is 4.36. The molecule has 0 N–H and O–H groups in total. The Kier molecular flexibility index (Phi) is 6.03. The number of halogens is 1. The van der Waals surface area contributed by atoms with Gasteiger partial charge in [-0.15, -0.1) is 0 Å². The number of hydrogen-bond donors (Lipinski definition) is 0. The summed E-state index contributed by atoms with van der Waals surface area (Å²) in [6.07, 6.45) is 5.23. The molecule has 0 aromatic heterocycles. The van der Waals surface area contributed by atoms with E-state index >= 15 is 0 Å². The van der Waals surface area contributed by atoms with Gasteiger partial charge in [0.1, 0.15) is 5.54 Å². The van der Waals surface area contributed by atoms with Gasteiger partial charge in [-0.25, -0.2) is 0 Å². The summed E-state index contributed by atoms with van der Waals surface area (Å²) in [7, 11) is 1.78. The predicted molar refractivity (Wildman–Crippen MR) is 104 cm³/mol. The molecule has 1 saturated carbocycles. The van der Waals surface area contributed by atoms with E-state index in [0.29, 0.717) is 24.4 Å². The average molecular weight is 377 g/mol. The summed E-state index contributed by atoms with van der Waals surface area (Å²) in [5, 5.41) is 0.564. The molecule has 1 aromatic rings. The van der Waals surface area contributed by atoms with Crippen LogP contribution in [0.15, 0.2) is 24.3 Å². The Labute approximate surface area is 161 Å². The molecule has 1 atom stereocenters. The van der Waals surface area contributed by atoms with Crippen molar-refractivity contribution < 1.29 is 9.59 Å². The molecule has 1 heterocycles. The van der Waals surface area contributed by atoms with Gasteiger partial charge in [0.15, 0.2) is 5.78 Å². The molecule has 1 aromatic carbocycles. The second kappa shape index (κ2) is 8.10. The average Bonchev–Trinajstić information content (AvgIpc) is 2.64. The first-order chi connectivity index (χ1) is 12.4. The van der Waals surface area contributed by atoms with Crippen molar-refractivity contribution in [2.24, 2.45) is 5.92 Å². The first-order valence-corrected chi connectivity index (χ1v) is 10.1. The molecular weight excluding hydrogens is 348 g/mol. The minimum absolute atomic E-state index is 0.00900. The maximum atomic E-state index is 13.1. The van der Waals surface area contributed by atoms with Gasteiger partial charge in [0, 0.05) is 24.1 Å². The zero-order valence-electron chi connectivity index (χ0n) is 15.8. The van der Waals surface area contributed by atoms with Crippen molar-refractivity contribution in [3.05, 3.63) is 34.9 Å². The van der Waals surface area contributed by atoms with E-state index in [1.54, 1.807) is 11.9 Å². The van der Waals surface area contributed by atoms with Crippen LogP contribution in [0.25, 0.3) is 0 Å². The van der Waals surface area contributed by atoms with Crippen LogP contribution >= 0.6 is 11.6 Å². The fourth-order valence-corrected chi connectivity index (χ4v) is 4.65. The van der Waals surface area contributed by atoms with Crippen LogP contribution in [-0.4, -0.2) is 48.2 Å². The molecule has 0 bridgehead atoms. The molecule has 0 spiro atoms. The van der Waals surface area contributed by atoms with E-state index in [1.165, 1.54) is 0 Å². The third-order valence-electron chi connectivity index (χ3n) is 6.15. The number of carbonyl (C=O) groups excluding carboxylic acids is 2. The number of likely N-dealkylation sites (N-methyl/N-ethyl adjacent to an activating group) is 1. The predicted octanol–water partition coefficient (Wildman–Crippen LogP) is 3.87. The third kappa shape index (κ3) is 3.67.